The Hall–Kier alpha value is -1.50. The van der Waals surface area contributed by atoms with Crippen molar-refractivity contribution in [1.82, 2.24) is 9.88 Å². The van der Waals surface area contributed by atoms with E-state index in [0.717, 1.165) is 11.0 Å². The first-order valence-corrected chi connectivity index (χ1v) is 7.24. The standard InChI is InChI=1S/C14H14BrF3N2O/c1-2-5-19-13(21)11-7-20(8-14(16,17)18)12-6-9(15)3-4-10(11)12/h3-4,6-7H,2,5,8H2,1H3,(H,19,21). The fourth-order valence-corrected chi connectivity index (χ4v) is 2.45. The lowest BCUT2D eigenvalue weighted by Crippen LogP contribution is -2.24. The van der Waals surface area contributed by atoms with Crippen molar-refractivity contribution < 1.29 is 18.0 Å². The predicted octanol–water partition coefficient (Wildman–Crippen LogP) is 4.11. The Labute approximate surface area is 128 Å². The molecule has 1 amide bonds. The zero-order valence-corrected chi connectivity index (χ0v) is 12.9. The first-order chi connectivity index (χ1) is 9.81. The highest BCUT2D eigenvalue weighted by atomic mass is 79.9. The number of halogens is 4. The summed E-state index contributed by atoms with van der Waals surface area (Å²) in [5.74, 6) is -0.356. The van der Waals surface area contributed by atoms with E-state index in [1.807, 2.05) is 6.92 Å². The van der Waals surface area contributed by atoms with E-state index >= 15 is 0 Å². The molecule has 0 aliphatic rings. The van der Waals surface area contributed by atoms with E-state index in [4.69, 9.17) is 0 Å². The minimum Gasteiger partial charge on any atom is -0.352 e. The molecule has 21 heavy (non-hydrogen) atoms. The third-order valence-corrected chi connectivity index (χ3v) is 3.47. The maximum atomic E-state index is 12.6. The minimum atomic E-state index is -4.34. The highest BCUT2D eigenvalue weighted by Gasteiger charge is 2.29. The average Bonchev–Trinajstić information content (AvgIpc) is 2.72. The molecular formula is C14H14BrF3N2O. The van der Waals surface area contributed by atoms with Crippen LogP contribution in [0.2, 0.25) is 0 Å². The lowest BCUT2D eigenvalue weighted by molar-refractivity contribution is -0.139. The van der Waals surface area contributed by atoms with Gasteiger partial charge in [0, 0.05) is 22.6 Å². The second-order valence-corrected chi connectivity index (χ2v) is 5.62. The Bertz CT molecular complexity index is 664. The summed E-state index contributed by atoms with van der Waals surface area (Å²) in [6.45, 7) is 1.27. The first kappa shape index (κ1) is 15.9. The number of fused-ring (bicyclic) bond motifs is 1. The van der Waals surface area contributed by atoms with Gasteiger partial charge in [-0.3, -0.25) is 4.79 Å². The molecule has 0 atom stereocenters. The third-order valence-electron chi connectivity index (χ3n) is 2.97. The monoisotopic (exact) mass is 362 g/mol. The van der Waals surface area contributed by atoms with E-state index in [2.05, 4.69) is 21.2 Å². The molecule has 0 unspecified atom stereocenters. The largest absolute Gasteiger partial charge is 0.406 e. The zero-order chi connectivity index (χ0) is 15.6. The van der Waals surface area contributed by atoms with Gasteiger partial charge >= 0.3 is 6.18 Å². The summed E-state index contributed by atoms with van der Waals surface area (Å²) in [5, 5.41) is 3.20. The van der Waals surface area contributed by atoms with Crippen LogP contribution in [0.25, 0.3) is 10.9 Å². The van der Waals surface area contributed by atoms with Crippen LogP contribution in [0.5, 0.6) is 0 Å². The van der Waals surface area contributed by atoms with Gasteiger partial charge in [0.15, 0.2) is 0 Å². The number of benzene rings is 1. The Kier molecular flexibility index (Phi) is 4.61. The number of hydrogen-bond acceptors (Lipinski definition) is 1. The van der Waals surface area contributed by atoms with Crippen LogP contribution >= 0.6 is 15.9 Å². The molecule has 2 aromatic rings. The number of rotatable bonds is 4. The van der Waals surface area contributed by atoms with Gasteiger partial charge in [-0.1, -0.05) is 28.9 Å². The van der Waals surface area contributed by atoms with Gasteiger partial charge in [0.1, 0.15) is 6.54 Å². The van der Waals surface area contributed by atoms with Crippen molar-refractivity contribution in [2.24, 2.45) is 0 Å². The number of alkyl halides is 3. The topological polar surface area (TPSA) is 34.0 Å². The van der Waals surface area contributed by atoms with Gasteiger partial charge in [-0.25, -0.2) is 0 Å². The van der Waals surface area contributed by atoms with Crippen molar-refractivity contribution in [3.63, 3.8) is 0 Å². The van der Waals surface area contributed by atoms with Crippen molar-refractivity contribution in [3.8, 4) is 0 Å². The van der Waals surface area contributed by atoms with Crippen LogP contribution in [0.3, 0.4) is 0 Å². The summed E-state index contributed by atoms with van der Waals surface area (Å²) in [6, 6.07) is 4.93. The van der Waals surface area contributed by atoms with Crippen molar-refractivity contribution >= 4 is 32.7 Å². The van der Waals surface area contributed by atoms with Crippen LogP contribution in [-0.4, -0.2) is 23.2 Å². The molecule has 114 valence electrons. The van der Waals surface area contributed by atoms with Gasteiger partial charge in [-0.05, 0) is 18.6 Å². The highest BCUT2D eigenvalue weighted by molar-refractivity contribution is 9.10. The average molecular weight is 363 g/mol. The summed E-state index contributed by atoms with van der Waals surface area (Å²) in [5.41, 5.74) is 0.638. The van der Waals surface area contributed by atoms with Crippen LogP contribution in [-0.2, 0) is 6.54 Å². The molecule has 1 N–H and O–H groups in total. The second kappa shape index (κ2) is 6.09. The number of nitrogens with zero attached hydrogens (tertiary/aromatic N) is 1. The summed E-state index contributed by atoms with van der Waals surface area (Å²) >= 11 is 3.24. The fraction of sp³-hybridized carbons (Fsp3) is 0.357. The smallest absolute Gasteiger partial charge is 0.352 e. The number of aromatic nitrogens is 1. The van der Waals surface area contributed by atoms with Crippen LogP contribution in [0.4, 0.5) is 13.2 Å². The van der Waals surface area contributed by atoms with Gasteiger partial charge in [0.2, 0.25) is 0 Å². The molecule has 0 radical (unpaired) electrons. The van der Waals surface area contributed by atoms with Crippen LogP contribution in [0.15, 0.2) is 28.9 Å². The Morgan fingerprint density at radius 3 is 2.71 bits per heavy atom. The Morgan fingerprint density at radius 1 is 1.38 bits per heavy atom. The fourth-order valence-electron chi connectivity index (χ4n) is 2.10. The molecule has 7 heteroatoms. The molecule has 2 rings (SSSR count). The summed E-state index contributed by atoms with van der Waals surface area (Å²) in [7, 11) is 0. The maximum absolute atomic E-state index is 12.6. The van der Waals surface area contributed by atoms with Crippen LogP contribution < -0.4 is 5.32 Å². The van der Waals surface area contributed by atoms with Crippen molar-refractivity contribution in [2.75, 3.05) is 6.54 Å². The van der Waals surface area contributed by atoms with E-state index < -0.39 is 12.7 Å². The molecule has 0 saturated heterocycles. The number of amides is 1. The second-order valence-electron chi connectivity index (χ2n) is 4.70. The van der Waals surface area contributed by atoms with Crippen LogP contribution in [0, 0.1) is 0 Å². The molecule has 3 nitrogen and oxygen atoms in total. The molecule has 1 aromatic carbocycles. The van der Waals surface area contributed by atoms with Gasteiger partial charge in [0.25, 0.3) is 5.91 Å². The Morgan fingerprint density at radius 2 is 2.10 bits per heavy atom. The normalized spacial score (nSPS) is 11.9. The summed E-state index contributed by atoms with van der Waals surface area (Å²) in [6.07, 6.45) is -2.32. The predicted molar refractivity (Wildman–Crippen MR) is 78.3 cm³/mol. The molecule has 0 aliphatic carbocycles. The molecule has 0 aliphatic heterocycles. The number of nitrogens with one attached hydrogen (secondary N) is 1. The lowest BCUT2D eigenvalue weighted by Gasteiger charge is -2.08. The van der Waals surface area contributed by atoms with Crippen molar-refractivity contribution in [3.05, 3.63) is 34.4 Å². The summed E-state index contributed by atoms with van der Waals surface area (Å²) < 4.78 is 39.7. The lowest BCUT2D eigenvalue weighted by atomic mass is 10.1. The molecule has 0 fully saturated rings. The van der Waals surface area contributed by atoms with Gasteiger partial charge in [0.05, 0.1) is 11.1 Å². The molecular weight excluding hydrogens is 349 g/mol. The van der Waals surface area contributed by atoms with Crippen LogP contribution in [0.1, 0.15) is 23.7 Å². The molecule has 0 spiro atoms. The van der Waals surface area contributed by atoms with Gasteiger partial charge in [-0.15, -0.1) is 0 Å². The van der Waals surface area contributed by atoms with Crippen molar-refractivity contribution in [1.29, 1.82) is 0 Å². The molecule has 1 heterocycles. The quantitative estimate of drug-likeness (QED) is 0.872. The number of carbonyl (C=O) groups excluding carboxylic acids is 1. The molecule has 0 bridgehead atoms. The third kappa shape index (κ3) is 3.78. The minimum absolute atomic E-state index is 0.259. The zero-order valence-electron chi connectivity index (χ0n) is 11.3. The molecule has 1 aromatic heterocycles. The SMILES string of the molecule is CCCNC(=O)c1cn(CC(F)(F)F)c2cc(Br)ccc12. The molecule has 0 saturated carbocycles. The van der Waals surface area contributed by atoms with E-state index in [1.165, 1.54) is 6.20 Å². The van der Waals surface area contributed by atoms with Gasteiger partial charge < -0.3 is 9.88 Å². The van der Waals surface area contributed by atoms with E-state index in [0.29, 0.717) is 21.9 Å². The highest BCUT2D eigenvalue weighted by Crippen LogP contribution is 2.28. The summed E-state index contributed by atoms with van der Waals surface area (Å²) in [4.78, 5) is 12.1. The number of carbonyl (C=O) groups is 1. The number of hydrogen-bond donors (Lipinski definition) is 1. The van der Waals surface area contributed by atoms with E-state index in [9.17, 15) is 18.0 Å². The van der Waals surface area contributed by atoms with E-state index in [-0.39, 0.29) is 11.5 Å². The maximum Gasteiger partial charge on any atom is 0.406 e. The van der Waals surface area contributed by atoms with Gasteiger partial charge in [-0.2, -0.15) is 13.2 Å². The Balaban J connectivity index is 2.49. The first-order valence-electron chi connectivity index (χ1n) is 6.45. The van der Waals surface area contributed by atoms with Crippen molar-refractivity contribution in [2.45, 2.75) is 26.1 Å². The van der Waals surface area contributed by atoms with E-state index in [1.54, 1.807) is 18.2 Å².